The van der Waals surface area contributed by atoms with Crippen molar-refractivity contribution in [3.63, 3.8) is 0 Å². The zero-order valence-corrected chi connectivity index (χ0v) is 15.5. The third-order valence-electron chi connectivity index (χ3n) is 3.04. The molecule has 0 saturated heterocycles. The maximum absolute atomic E-state index is 14.0. The molecule has 0 aliphatic rings. The Morgan fingerprint density at radius 1 is 1.07 bits per heavy atom. The van der Waals surface area contributed by atoms with Crippen molar-refractivity contribution in [3.8, 4) is 23.6 Å². The zero-order chi connectivity index (χ0) is 21.1. The molecule has 2 aromatic carbocycles. The van der Waals surface area contributed by atoms with E-state index in [1.165, 1.54) is 24.3 Å². The van der Waals surface area contributed by atoms with Crippen molar-refractivity contribution in [1.82, 2.24) is 0 Å². The van der Waals surface area contributed by atoms with E-state index in [2.05, 4.69) is 26.5 Å². The average molecular weight is 480 g/mol. The molecule has 0 unspecified atom stereocenters. The molecule has 28 heavy (non-hydrogen) atoms. The molecule has 0 atom stereocenters. The van der Waals surface area contributed by atoms with Gasteiger partial charge in [-0.1, -0.05) is 27.5 Å². The van der Waals surface area contributed by atoms with Gasteiger partial charge < -0.3 is 4.74 Å². The number of anilines is 1. The van der Waals surface area contributed by atoms with Gasteiger partial charge in [0.05, 0.1) is 10.6 Å². The van der Waals surface area contributed by atoms with E-state index in [1.807, 2.05) is 0 Å². The maximum Gasteiger partial charge on any atom is 0.416 e. The summed E-state index contributed by atoms with van der Waals surface area (Å²) in [7, 11) is 0. The lowest BCUT2D eigenvalue weighted by Crippen LogP contribution is -2.07. The largest absolute Gasteiger partial charge is 0.447 e. The normalized spacial score (nSPS) is 10.6. The number of benzene rings is 2. The van der Waals surface area contributed by atoms with Crippen molar-refractivity contribution in [2.24, 2.45) is 5.10 Å². The van der Waals surface area contributed by atoms with Crippen molar-refractivity contribution in [3.05, 3.63) is 51.0 Å². The van der Waals surface area contributed by atoms with Crippen molar-refractivity contribution in [2.45, 2.75) is 6.18 Å². The standard InChI is InChI=1S/C16H5BrClF5N4O/c17-8-3-10(18)14(13(4-8)27-26-9(5-24)6-25)28-15-11(19)1-7(2-12(15)20)16(21,22)23/h1-4,27H. The van der Waals surface area contributed by atoms with E-state index in [1.54, 1.807) is 0 Å². The lowest BCUT2D eigenvalue weighted by Gasteiger charge is -2.15. The van der Waals surface area contributed by atoms with Gasteiger partial charge in [-0.05, 0) is 24.3 Å². The second-order valence-electron chi connectivity index (χ2n) is 4.93. The monoisotopic (exact) mass is 478 g/mol. The number of ether oxygens (including phenoxy) is 1. The maximum atomic E-state index is 14.0. The van der Waals surface area contributed by atoms with Crippen molar-refractivity contribution in [2.75, 3.05) is 5.43 Å². The van der Waals surface area contributed by atoms with Gasteiger partial charge in [-0.15, -0.1) is 0 Å². The number of rotatable bonds is 4. The van der Waals surface area contributed by atoms with Crippen LogP contribution < -0.4 is 10.2 Å². The molecule has 0 radical (unpaired) electrons. The number of hydrogen-bond donors (Lipinski definition) is 1. The first-order valence-corrected chi connectivity index (χ1v) is 8.11. The van der Waals surface area contributed by atoms with Crippen LogP contribution in [0.25, 0.3) is 0 Å². The van der Waals surface area contributed by atoms with Crippen LogP contribution in [0.2, 0.25) is 5.02 Å². The van der Waals surface area contributed by atoms with E-state index < -0.39 is 40.6 Å². The third kappa shape index (κ3) is 4.88. The SMILES string of the molecule is N#CC(C#N)=NNc1cc(Br)cc(Cl)c1Oc1c(F)cc(C(F)(F)F)cc1F. The van der Waals surface area contributed by atoms with Crippen molar-refractivity contribution >= 4 is 38.9 Å². The molecule has 12 heteroatoms. The van der Waals surface area contributed by atoms with Crippen molar-refractivity contribution in [1.29, 1.82) is 10.5 Å². The van der Waals surface area contributed by atoms with Gasteiger partial charge in [-0.2, -0.15) is 28.8 Å². The molecule has 2 aromatic rings. The van der Waals surface area contributed by atoms with E-state index in [0.29, 0.717) is 4.47 Å². The molecular formula is C16H5BrClF5N4O. The van der Waals surface area contributed by atoms with Crippen LogP contribution in [0.1, 0.15) is 5.56 Å². The first kappa shape index (κ1) is 21.4. The van der Waals surface area contributed by atoms with Gasteiger partial charge in [0, 0.05) is 4.47 Å². The summed E-state index contributed by atoms with van der Waals surface area (Å²) in [6.45, 7) is 0. The van der Waals surface area contributed by atoms with E-state index >= 15 is 0 Å². The van der Waals surface area contributed by atoms with E-state index in [-0.39, 0.29) is 22.8 Å². The Hall–Kier alpha value is -2.89. The Morgan fingerprint density at radius 2 is 1.64 bits per heavy atom. The van der Waals surface area contributed by atoms with Crippen molar-refractivity contribution < 1.29 is 26.7 Å². The molecule has 144 valence electrons. The second-order valence-corrected chi connectivity index (χ2v) is 6.25. The lowest BCUT2D eigenvalue weighted by molar-refractivity contribution is -0.138. The van der Waals surface area contributed by atoms with Gasteiger partial charge in [0.1, 0.15) is 17.8 Å². The van der Waals surface area contributed by atoms with Gasteiger partial charge in [0.15, 0.2) is 23.1 Å². The molecule has 0 aromatic heterocycles. The van der Waals surface area contributed by atoms with Crippen LogP contribution >= 0.6 is 27.5 Å². The number of hydrogen-bond acceptors (Lipinski definition) is 5. The highest BCUT2D eigenvalue weighted by Gasteiger charge is 2.33. The molecule has 0 aliphatic carbocycles. The van der Waals surface area contributed by atoms with E-state index in [0.717, 1.165) is 0 Å². The smallest absolute Gasteiger partial charge is 0.416 e. The highest BCUT2D eigenvalue weighted by Crippen LogP contribution is 2.42. The molecule has 0 bridgehead atoms. The summed E-state index contributed by atoms with van der Waals surface area (Å²) in [5.41, 5.74) is 0.0364. The molecule has 0 amide bonds. The van der Waals surface area contributed by atoms with Crippen LogP contribution in [0, 0.1) is 34.3 Å². The minimum absolute atomic E-state index is 0.0693. The summed E-state index contributed by atoms with van der Waals surface area (Å²) in [6.07, 6.45) is -4.96. The minimum Gasteiger partial charge on any atom is -0.447 e. The summed E-state index contributed by atoms with van der Waals surface area (Å²) in [6, 6.07) is 5.65. The van der Waals surface area contributed by atoms with E-state index in [4.69, 9.17) is 26.9 Å². The van der Waals surface area contributed by atoms with Gasteiger partial charge in [0.2, 0.25) is 5.71 Å². The lowest BCUT2D eigenvalue weighted by atomic mass is 10.2. The summed E-state index contributed by atoms with van der Waals surface area (Å²) >= 11 is 9.08. The predicted molar refractivity (Wildman–Crippen MR) is 92.9 cm³/mol. The molecule has 0 aliphatic heterocycles. The minimum atomic E-state index is -4.96. The predicted octanol–water partition coefficient (Wildman–Crippen LogP) is 6.01. The third-order valence-corrected chi connectivity index (χ3v) is 3.78. The fourth-order valence-electron chi connectivity index (χ4n) is 1.86. The van der Waals surface area contributed by atoms with Gasteiger partial charge in [-0.3, -0.25) is 5.43 Å². The highest BCUT2D eigenvalue weighted by atomic mass is 79.9. The molecule has 5 nitrogen and oxygen atoms in total. The number of hydrazone groups is 1. The van der Waals surface area contributed by atoms with Crippen LogP contribution in [0.5, 0.6) is 11.5 Å². The first-order chi connectivity index (χ1) is 13.1. The number of nitriles is 2. The fraction of sp³-hybridized carbons (Fsp3) is 0.0625. The van der Waals surface area contributed by atoms with Gasteiger partial charge >= 0.3 is 6.18 Å². The van der Waals surface area contributed by atoms with Crippen LogP contribution in [0.4, 0.5) is 27.6 Å². The number of nitrogens with one attached hydrogen (secondary N) is 1. The molecule has 0 saturated carbocycles. The topological polar surface area (TPSA) is 81.2 Å². The van der Waals surface area contributed by atoms with Crippen LogP contribution in [0.15, 0.2) is 33.8 Å². The Balaban J connectivity index is 2.51. The number of nitrogens with zero attached hydrogens (tertiary/aromatic N) is 3. The summed E-state index contributed by atoms with van der Waals surface area (Å²) in [5, 5.41) is 20.6. The Kier molecular flexibility index (Phi) is 6.44. The summed E-state index contributed by atoms with van der Waals surface area (Å²) in [5.74, 6) is -4.77. The fourth-order valence-corrected chi connectivity index (χ4v) is 2.71. The first-order valence-electron chi connectivity index (χ1n) is 6.93. The van der Waals surface area contributed by atoms with Gasteiger partial charge in [0.25, 0.3) is 0 Å². The molecular weight excluding hydrogens is 475 g/mol. The Labute approximate surface area is 167 Å². The summed E-state index contributed by atoms with van der Waals surface area (Å²) in [4.78, 5) is 0. The van der Waals surface area contributed by atoms with Crippen LogP contribution in [-0.2, 0) is 6.18 Å². The number of halogens is 7. The zero-order valence-electron chi connectivity index (χ0n) is 13.2. The van der Waals surface area contributed by atoms with E-state index in [9.17, 15) is 22.0 Å². The Bertz CT molecular complexity index is 1000. The second kappa shape index (κ2) is 8.42. The molecule has 2 rings (SSSR count). The molecule has 0 fully saturated rings. The Morgan fingerprint density at radius 3 is 2.14 bits per heavy atom. The quantitative estimate of drug-likeness (QED) is 0.331. The molecule has 0 spiro atoms. The number of alkyl halides is 3. The van der Waals surface area contributed by atoms with Crippen LogP contribution in [0.3, 0.4) is 0 Å². The van der Waals surface area contributed by atoms with Gasteiger partial charge in [-0.25, -0.2) is 8.78 Å². The van der Waals surface area contributed by atoms with Crippen LogP contribution in [-0.4, -0.2) is 5.71 Å². The average Bonchev–Trinajstić information content (AvgIpc) is 2.59. The molecule has 0 heterocycles. The highest BCUT2D eigenvalue weighted by molar-refractivity contribution is 9.10. The summed E-state index contributed by atoms with van der Waals surface area (Å²) < 4.78 is 71.4. The molecule has 1 N–H and O–H groups in total.